The van der Waals surface area contributed by atoms with Gasteiger partial charge in [0.15, 0.2) is 15.0 Å². The Hall–Kier alpha value is -1.57. The number of anilines is 1. The second-order valence-electron chi connectivity index (χ2n) is 6.37. The smallest absolute Gasteiger partial charge is 0.164 e. The van der Waals surface area contributed by atoms with Crippen LogP contribution in [0.15, 0.2) is 53.5 Å². The van der Waals surface area contributed by atoms with Crippen LogP contribution in [-0.4, -0.2) is 37.2 Å². The number of halogens is 2. The second kappa shape index (κ2) is 6.87. The molecule has 2 atom stereocenters. The van der Waals surface area contributed by atoms with Gasteiger partial charge in [0.1, 0.15) is 5.82 Å². The van der Waals surface area contributed by atoms with Gasteiger partial charge in [0, 0.05) is 11.4 Å². The Morgan fingerprint density at radius 3 is 2.69 bits per heavy atom. The first kappa shape index (κ1) is 17.8. The maximum atomic E-state index is 13.6. The van der Waals surface area contributed by atoms with Crippen LogP contribution < -0.4 is 4.90 Å². The zero-order valence-corrected chi connectivity index (χ0v) is 16.1. The zero-order valence-electron chi connectivity index (χ0n) is 13.7. The van der Waals surface area contributed by atoms with E-state index in [4.69, 9.17) is 11.6 Å². The van der Waals surface area contributed by atoms with Crippen molar-refractivity contribution in [3.05, 3.63) is 64.9 Å². The van der Waals surface area contributed by atoms with Gasteiger partial charge in [0.2, 0.25) is 0 Å². The van der Waals surface area contributed by atoms with Crippen LogP contribution in [0, 0.1) is 5.82 Å². The van der Waals surface area contributed by atoms with Crippen molar-refractivity contribution in [2.24, 2.45) is 4.99 Å². The van der Waals surface area contributed by atoms with Crippen LogP contribution in [0.25, 0.3) is 0 Å². The first-order chi connectivity index (χ1) is 12.4. The van der Waals surface area contributed by atoms with Gasteiger partial charge in [0.05, 0.1) is 28.6 Å². The molecule has 0 spiro atoms. The van der Waals surface area contributed by atoms with E-state index in [1.807, 2.05) is 35.2 Å². The molecule has 2 heterocycles. The summed E-state index contributed by atoms with van der Waals surface area (Å²) < 4.78 is 37.6. The van der Waals surface area contributed by atoms with Gasteiger partial charge in [-0.3, -0.25) is 4.99 Å². The van der Waals surface area contributed by atoms with Gasteiger partial charge in [-0.1, -0.05) is 53.7 Å². The Balaban J connectivity index is 1.65. The van der Waals surface area contributed by atoms with E-state index in [0.29, 0.717) is 5.69 Å². The van der Waals surface area contributed by atoms with Crippen molar-refractivity contribution >= 4 is 44.1 Å². The highest BCUT2D eigenvalue weighted by molar-refractivity contribution is 8.13. The lowest BCUT2D eigenvalue weighted by molar-refractivity contribution is 0.601. The Kier molecular flexibility index (Phi) is 4.71. The van der Waals surface area contributed by atoms with Crippen molar-refractivity contribution in [3.8, 4) is 0 Å². The Morgan fingerprint density at radius 2 is 1.96 bits per heavy atom. The zero-order chi connectivity index (χ0) is 18.3. The number of sulfone groups is 1. The molecule has 0 saturated carbocycles. The molecule has 0 bridgehead atoms. The number of benzene rings is 2. The molecule has 2 aliphatic heterocycles. The summed E-state index contributed by atoms with van der Waals surface area (Å²) in [6, 6.07) is 13.9. The molecule has 2 aromatic carbocycles. The molecule has 0 radical (unpaired) electrons. The Labute approximate surface area is 161 Å². The fourth-order valence-electron chi connectivity index (χ4n) is 3.29. The van der Waals surface area contributed by atoms with Crippen molar-refractivity contribution in [3.63, 3.8) is 0 Å². The molecule has 0 amide bonds. The number of aliphatic imine (C=N–C) groups is 1. The molecular weight excluding hydrogens is 395 g/mol. The lowest BCUT2D eigenvalue weighted by Crippen LogP contribution is -2.39. The first-order valence-electron chi connectivity index (χ1n) is 8.12. The molecule has 26 heavy (non-hydrogen) atoms. The van der Waals surface area contributed by atoms with Crippen molar-refractivity contribution in [2.75, 3.05) is 16.4 Å². The quantitative estimate of drug-likeness (QED) is 0.773. The molecule has 0 aliphatic carbocycles. The van der Waals surface area contributed by atoms with Gasteiger partial charge in [-0.15, -0.1) is 0 Å². The summed E-state index contributed by atoms with van der Waals surface area (Å²) >= 11 is 7.50. The molecule has 1 fully saturated rings. The molecule has 2 aromatic rings. The van der Waals surface area contributed by atoms with Gasteiger partial charge in [-0.2, -0.15) is 0 Å². The van der Waals surface area contributed by atoms with Crippen LogP contribution >= 0.6 is 23.4 Å². The molecule has 4 nitrogen and oxygen atoms in total. The van der Waals surface area contributed by atoms with E-state index >= 15 is 0 Å². The maximum Gasteiger partial charge on any atom is 0.164 e. The molecule has 0 N–H and O–H groups in total. The summed E-state index contributed by atoms with van der Waals surface area (Å²) in [4.78, 5) is 6.56. The molecule has 8 heteroatoms. The fraction of sp³-hybridized carbons (Fsp3) is 0.278. The predicted octanol–water partition coefficient (Wildman–Crippen LogP) is 3.75. The van der Waals surface area contributed by atoms with E-state index in [-0.39, 0.29) is 28.6 Å². The number of hydrogen-bond donors (Lipinski definition) is 0. The van der Waals surface area contributed by atoms with E-state index < -0.39 is 15.7 Å². The van der Waals surface area contributed by atoms with Crippen molar-refractivity contribution in [1.29, 1.82) is 0 Å². The minimum atomic E-state index is -3.12. The summed E-state index contributed by atoms with van der Waals surface area (Å²) in [5.41, 5.74) is 1.82. The number of amidine groups is 1. The number of hydrogen-bond acceptors (Lipinski definition) is 5. The SMILES string of the molecule is O=S1(=O)C[C@@H]2N=C(SCc3ccccc3)N(c3ccc(F)c(Cl)c3)[C@H]2C1. The molecule has 136 valence electrons. The highest BCUT2D eigenvalue weighted by Crippen LogP contribution is 2.37. The highest BCUT2D eigenvalue weighted by Gasteiger charge is 2.47. The van der Waals surface area contributed by atoms with Crippen LogP contribution in [0.2, 0.25) is 5.02 Å². The van der Waals surface area contributed by atoms with E-state index in [1.165, 1.54) is 12.1 Å². The van der Waals surface area contributed by atoms with E-state index in [9.17, 15) is 12.8 Å². The lowest BCUT2D eigenvalue weighted by Gasteiger charge is -2.26. The molecule has 0 unspecified atom stereocenters. The molecular formula is C18H16ClFN2O2S2. The normalized spacial score (nSPS) is 23.8. The standard InChI is InChI=1S/C18H16ClFN2O2S2/c19-14-8-13(6-7-15(14)20)22-17-11-26(23,24)10-16(17)21-18(22)25-9-12-4-2-1-3-5-12/h1-8,16-17H,9-11H2/t16-,17-/m0/s1. The third-order valence-electron chi connectivity index (χ3n) is 4.50. The average Bonchev–Trinajstić information content (AvgIpc) is 3.07. The van der Waals surface area contributed by atoms with Crippen LogP contribution in [0.4, 0.5) is 10.1 Å². The summed E-state index contributed by atoms with van der Waals surface area (Å²) in [6.45, 7) is 0. The first-order valence-corrected chi connectivity index (χ1v) is 11.3. The Bertz CT molecular complexity index is 966. The van der Waals surface area contributed by atoms with Gasteiger partial charge >= 0.3 is 0 Å². The van der Waals surface area contributed by atoms with Gasteiger partial charge in [-0.25, -0.2) is 12.8 Å². The number of fused-ring (bicyclic) bond motifs is 1. The fourth-order valence-corrected chi connectivity index (χ4v) is 6.39. The van der Waals surface area contributed by atoms with Crippen molar-refractivity contribution < 1.29 is 12.8 Å². The minimum absolute atomic E-state index is 0.0132. The highest BCUT2D eigenvalue weighted by atomic mass is 35.5. The van der Waals surface area contributed by atoms with Crippen LogP contribution in [0.3, 0.4) is 0 Å². The third kappa shape index (κ3) is 3.48. The van der Waals surface area contributed by atoms with Crippen LogP contribution in [0.1, 0.15) is 5.56 Å². The van der Waals surface area contributed by atoms with Crippen molar-refractivity contribution in [1.82, 2.24) is 0 Å². The van der Waals surface area contributed by atoms with E-state index in [1.54, 1.807) is 17.8 Å². The average molecular weight is 411 g/mol. The van der Waals surface area contributed by atoms with Crippen molar-refractivity contribution in [2.45, 2.75) is 17.8 Å². The second-order valence-corrected chi connectivity index (χ2v) is 9.87. The maximum absolute atomic E-state index is 13.6. The molecule has 0 aromatic heterocycles. The van der Waals surface area contributed by atoms with E-state index in [0.717, 1.165) is 16.5 Å². The third-order valence-corrected chi connectivity index (χ3v) is 7.53. The van der Waals surface area contributed by atoms with Gasteiger partial charge < -0.3 is 4.90 Å². The van der Waals surface area contributed by atoms with Gasteiger partial charge in [-0.05, 0) is 23.8 Å². The summed E-state index contributed by atoms with van der Waals surface area (Å²) in [5, 5.41) is 0.764. The molecule has 1 saturated heterocycles. The number of rotatable bonds is 3. The number of thioether (sulfide) groups is 1. The van der Waals surface area contributed by atoms with E-state index in [2.05, 4.69) is 4.99 Å². The monoisotopic (exact) mass is 410 g/mol. The largest absolute Gasteiger partial charge is 0.315 e. The minimum Gasteiger partial charge on any atom is -0.315 e. The van der Waals surface area contributed by atoms with Gasteiger partial charge in [0.25, 0.3) is 0 Å². The molecule has 2 aliphatic rings. The molecule has 4 rings (SSSR count). The topological polar surface area (TPSA) is 49.7 Å². The summed E-state index contributed by atoms with van der Waals surface area (Å²) in [5.74, 6) is 0.321. The lowest BCUT2D eigenvalue weighted by atomic mass is 10.1. The summed E-state index contributed by atoms with van der Waals surface area (Å²) in [6.07, 6.45) is 0. The summed E-state index contributed by atoms with van der Waals surface area (Å²) in [7, 11) is -3.12. The Morgan fingerprint density at radius 1 is 1.19 bits per heavy atom. The number of nitrogens with zero attached hydrogens (tertiary/aromatic N) is 2. The predicted molar refractivity (Wildman–Crippen MR) is 105 cm³/mol. The van der Waals surface area contributed by atoms with Crippen LogP contribution in [0.5, 0.6) is 0 Å². The van der Waals surface area contributed by atoms with Crippen LogP contribution in [-0.2, 0) is 15.6 Å².